The van der Waals surface area contributed by atoms with Crippen LogP contribution in [0.15, 0.2) is 54.6 Å². The van der Waals surface area contributed by atoms with Gasteiger partial charge in [-0.2, -0.15) is 0 Å². The minimum atomic E-state index is -1.10. The molecule has 2 aromatic rings. The summed E-state index contributed by atoms with van der Waals surface area (Å²) >= 11 is 0. The lowest BCUT2D eigenvalue weighted by Crippen LogP contribution is -2.32. The third-order valence-electron chi connectivity index (χ3n) is 3.21. The molecule has 22 heavy (non-hydrogen) atoms. The molecule has 0 saturated heterocycles. The minimum absolute atomic E-state index is 0.0753. The number of aliphatic carboxylic acids is 1. The number of carbonyl (C=O) groups excluding carboxylic acids is 1. The van der Waals surface area contributed by atoms with E-state index in [0.717, 1.165) is 5.56 Å². The molecular weight excluding hydrogens is 282 g/mol. The molecule has 0 aromatic heterocycles. The fourth-order valence-corrected chi connectivity index (χ4v) is 2.02. The van der Waals surface area contributed by atoms with Crippen molar-refractivity contribution in [1.82, 2.24) is 0 Å². The molecule has 0 aliphatic heterocycles. The van der Waals surface area contributed by atoms with Crippen molar-refractivity contribution in [2.45, 2.75) is 19.1 Å². The van der Waals surface area contributed by atoms with Gasteiger partial charge in [0, 0.05) is 0 Å². The van der Waals surface area contributed by atoms with Crippen molar-refractivity contribution in [3.8, 4) is 0 Å². The Morgan fingerprint density at radius 1 is 1.05 bits per heavy atom. The van der Waals surface area contributed by atoms with Gasteiger partial charge in [0.2, 0.25) is 0 Å². The summed E-state index contributed by atoms with van der Waals surface area (Å²) in [4.78, 5) is 23.0. The van der Waals surface area contributed by atoms with Crippen molar-refractivity contribution >= 4 is 11.9 Å². The van der Waals surface area contributed by atoms with Crippen LogP contribution in [0.2, 0.25) is 0 Å². The van der Waals surface area contributed by atoms with E-state index in [-0.39, 0.29) is 13.0 Å². The molecule has 5 heteroatoms. The second-order valence-corrected chi connectivity index (χ2v) is 4.87. The average molecular weight is 299 g/mol. The van der Waals surface area contributed by atoms with Crippen molar-refractivity contribution in [3.05, 3.63) is 71.3 Å². The van der Waals surface area contributed by atoms with Crippen LogP contribution in [0.4, 0.5) is 0 Å². The number of hydrogen-bond donors (Lipinski definition) is 2. The first-order valence-electron chi connectivity index (χ1n) is 6.85. The van der Waals surface area contributed by atoms with Gasteiger partial charge in [-0.15, -0.1) is 0 Å². The van der Waals surface area contributed by atoms with Gasteiger partial charge in [0.25, 0.3) is 0 Å². The van der Waals surface area contributed by atoms with Crippen LogP contribution in [0.3, 0.4) is 0 Å². The van der Waals surface area contributed by atoms with Crippen molar-refractivity contribution < 1.29 is 19.4 Å². The van der Waals surface area contributed by atoms with Crippen molar-refractivity contribution in [1.29, 1.82) is 0 Å². The monoisotopic (exact) mass is 299 g/mol. The van der Waals surface area contributed by atoms with Gasteiger partial charge in [-0.25, -0.2) is 4.79 Å². The molecule has 0 amide bonds. The topological polar surface area (TPSA) is 89.6 Å². The van der Waals surface area contributed by atoms with Crippen LogP contribution < -0.4 is 5.73 Å². The van der Waals surface area contributed by atoms with Crippen LogP contribution >= 0.6 is 0 Å². The quantitative estimate of drug-likeness (QED) is 0.796. The zero-order chi connectivity index (χ0) is 15.9. The maximum Gasteiger partial charge on any atom is 0.338 e. The van der Waals surface area contributed by atoms with E-state index in [9.17, 15) is 9.59 Å². The number of nitrogens with two attached hydrogens (primary N) is 1. The Bertz CT molecular complexity index is 655. The molecule has 0 aliphatic carbocycles. The van der Waals surface area contributed by atoms with Crippen LogP contribution in [-0.4, -0.2) is 23.1 Å². The summed E-state index contributed by atoms with van der Waals surface area (Å²) in [6.45, 7) is 0.166. The minimum Gasteiger partial charge on any atom is -0.480 e. The molecule has 0 unspecified atom stereocenters. The lowest BCUT2D eigenvalue weighted by Gasteiger charge is -2.11. The molecule has 0 saturated carbocycles. The second kappa shape index (κ2) is 7.38. The zero-order valence-electron chi connectivity index (χ0n) is 11.9. The molecule has 0 fully saturated rings. The van der Waals surface area contributed by atoms with E-state index >= 15 is 0 Å². The summed E-state index contributed by atoms with van der Waals surface area (Å²) in [5.41, 5.74) is 7.32. The van der Waals surface area contributed by atoms with Gasteiger partial charge in [-0.3, -0.25) is 4.79 Å². The van der Waals surface area contributed by atoms with E-state index in [2.05, 4.69) is 0 Å². The number of rotatable bonds is 6. The van der Waals surface area contributed by atoms with Crippen LogP contribution in [-0.2, 0) is 22.6 Å². The van der Waals surface area contributed by atoms with E-state index in [1.165, 1.54) is 0 Å². The molecule has 0 bridgehead atoms. The van der Waals surface area contributed by atoms with E-state index in [0.29, 0.717) is 11.1 Å². The average Bonchev–Trinajstić information content (AvgIpc) is 2.54. The van der Waals surface area contributed by atoms with E-state index < -0.39 is 18.0 Å². The van der Waals surface area contributed by atoms with Gasteiger partial charge in [-0.05, 0) is 23.6 Å². The lowest BCUT2D eigenvalue weighted by atomic mass is 10.0. The Labute approximate surface area is 128 Å². The molecule has 114 valence electrons. The third kappa shape index (κ3) is 4.17. The molecule has 2 rings (SSSR count). The van der Waals surface area contributed by atoms with Gasteiger partial charge >= 0.3 is 11.9 Å². The van der Waals surface area contributed by atoms with Gasteiger partial charge < -0.3 is 15.6 Å². The molecule has 0 spiro atoms. The predicted molar refractivity (Wildman–Crippen MR) is 81.3 cm³/mol. The normalized spacial score (nSPS) is 11.7. The summed E-state index contributed by atoms with van der Waals surface area (Å²) in [6.07, 6.45) is 0.0753. The summed E-state index contributed by atoms with van der Waals surface area (Å²) < 4.78 is 5.27. The predicted octanol–water partition coefficient (Wildman–Crippen LogP) is 2.00. The number of esters is 1. The number of carboxylic acids is 1. The van der Waals surface area contributed by atoms with Crippen molar-refractivity contribution in [3.63, 3.8) is 0 Å². The molecular formula is C17H17NO4. The van der Waals surface area contributed by atoms with E-state index in [4.69, 9.17) is 15.6 Å². The maximum absolute atomic E-state index is 12.2. The van der Waals surface area contributed by atoms with Gasteiger partial charge in [-0.1, -0.05) is 48.5 Å². The molecule has 0 heterocycles. The summed E-state index contributed by atoms with van der Waals surface area (Å²) in [5.74, 6) is -1.59. The number of carboxylic acid groups (broad SMARTS) is 1. The highest BCUT2D eigenvalue weighted by atomic mass is 16.5. The van der Waals surface area contributed by atoms with Crippen molar-refractivity contribution in [2.75, 3.05) is 0 Å². The van der Waals surface area contributed by atoms with Crippen LogP contribution in [0.5, 0.6) is 0 Å². The summed E-state index contributed by atoms with van der Waals surface area (Å²) in [6, 6.07) is 15.0. The van der Waals surface area contributed by atoms with Crippen molar-refractivity contribution in [2.24, 2.45) is 5.73 Å². The van der Waals surface area contributed by atoms with Gasteiger partial charge in [0.1, 0.15) is 12.6 Å². The molecule has 2 aromatic carbocycles. The first kappa shape index (κ1) is 15.7. The number of benzene rings is 2. The lowest BCUT2D eigenvalue weighted by molar-refractivity contribution is -0.138. The highest BCUT2D eigenvalue weighted by molar-refractivity contribution is 5.91. The Hall–Kier alpha value is -2.66. The highest BCUT2D eigenvalue weighted by Gasteiger charge is 2.18. The third-order valence-corrected chi connectivity index (χ3v) is 3.21. The molecule has 0 aliphatic rings. The Morgan fingerprint density at radius 2 is 1.68 bits per heavy atom. The SMILES string of the molecule is N[C@@H](Cc1ccccc1C(=O)OCc1ccccc1)C(=O)O. The smallest absolute Gasteiger partial charge is 0.338 e. The Morgan fingerprint density at radius 3 is 2.36 bits per heavy atom. The number of carbonyl (C=O) groups is 2. The second-order valence-electron chi connectivity index (χ2n) is 4.87. The highest BCUT2D eigenvalue weighted by Crippen LogP contribution is 2.13. The molecule has 3 N–H and O–H groups in total. The first-order valence-corrected chi connectivity index (χ1v) is 6.85. The zero-order valence-corrected chi connectivity index (χ0v) is 11.9. The van der Waals surface area contributed by atoms with Gasteiger partial charge in [0.05, 0.1) is 5.56 Å². The number of hydrogen-bond acceptors (Lipinski definition) is 4. The Balaban J connectivity index is 2.07. The van der Waals surface area contributed by atoms with Crippen LogP contribution in [0.1, 0.15) is 21.5 Å². The molecule has 1 atom stereocenters. The van der Waals surface area contributed by atoms with E-state index in [1.54, 1.807) is 24.3 Å². The molecule has 0 radical (unpaired) electrons. The Kier molecular flexibility index (Phi) is 5.27. The first-order chi connectivity index (χ1) is 10.6. The van der Waals surface area contributed by atoms with Crippen LogP contribution in [0.25, 0.3) is 0 Å². The van der Waals surface area contributed by atoms with Gasteiger partial charge in [0.15, 0.2) is 0 Å². The maximum atomic E-state index is 12.2. The largest absolute Gasteiger partial charge is 0.480 e. The molecule has 5 nitrogen and oxygen atoms in total. The fraction of sp³-hybridized carbons (Fsp3) is 0.176. The standard InChI is InChI=1S/C17H17NO4/c18-15(16(19)20)10-13-8-4-5-9-14(13)17(21)22-11-12-6-2-1-3-7-12/h1-9,15H,10-11,18H2,(H,19,20)/t15-/m0/s1. The van der Waals surface area contributed by atoms with E-state index in [1.807, 2.05) is 30.3 Å². The number of ether oxygens (including phenoxy) is 1. The summed E-state index contributed by atoms with van der Waals surface area (Å²) in [7, 11) is 0. The fourth-order valence-electron chi connectivity index (χ4n) is 2.02. The summed E-state index contributed by atoms with van der Waals surface area (Å²) in [5, 5.41) is 8.88. The van der Waals surface area contributed by atoms with Crippen LogP contribution in [0, 0.1) is 0 Å².